The molecule has 1 N–H and O–H groups in total. The summed E-state index contributed by atoms with van der Waals surface area (Å²) in [6.45, 7) is 14.2. The van der Waals surface area contributed by atoms with Crippen LogP contribution < -0.4 is 0 Å². The van der Waals surface area contributed by atoms with Crippen LogP contribution in [-0.4, -0.2) is 79.5 Å². The highest BCUT2D eigenvalue weighted by molar-refractivity contribution is 7.80. The summed E-state index contributed by atoms with van der Waals surface area (Å²) in [5, 5.41) is 10.1. The molecule has 0 bridgehead atoms. The molecule has 1 saturated heterocycles. The summed E-state index contributed by atoms with van der Waals surface area (Å²) < 4.78 is 37.6. The van der Waals surface area contributed by atoms with Crippen LogP contribution in [0.25, 0.3) is 0 Å². The first kappa shape index (κ1) is 36.5. The minimum atomic E-state index is -2.81. The molecule has 0 radical (unpaired) electrons. The van der Waals surface area contributed by atoms with Gasteiger partial charge >= 0.3 is 17.4 Å². The van der Waals surface area contributed by atoms with E-state index in [1.165, 1.54) is 19.3 Å². The van der Waals surface area contributed by atoms with Gasteiger partial charge in [0, 0.05) is 63.9 Å². The highest BCUT2D eigenvalue weighted by Crippen LogP contribution is 2.26. The molecule has 5 atom stereocenters. The first-order valence-electron chi connectivity index (χ1n) is 14.7. The van der Waals surface area contributed by atoms with Gasteiger partial charge in [-0.15, -0.1) is 0 Å². The number of hydrogen-bond donors (Lipinski definition) is 2. The van der Waals surface area contributed by atoms with Crippen LogP contribution in [0.5, 0.6) is 0 Å². The first-order chi connectivity index (χ1) is 18.2. The number of aliphatic hydroxyl groups excluding tert-OH is 1. The standard InChI is InChI=1S/C27H56O7S2Si2/c1-6-7-8-9-12-27(36)29-14-10-18-38(30-15-13-24(2)20-33-38)34-23-26(4)22-32-37(5,17-11-16-35)31-21-25(3)19-28/h24-26,28,35H,6-23H2,1-5H3/t24?,25?,26?,37?,38-/m0/s1. The van der Waals surface area contributed by atoms with Gasteiger partial charge in [0.25, 0.3) is 0 Å². The normalized spacial score (nSPS) is 23.4. The molecule has 0 amide bonds. The molecule has 1 heterocycles. The van der Waals surface area contributed by atoms with E-state index in [2.05, 4.69) is 39.9 Å². The van der Waals surface area contributed by atoms with Crippen molar-refractivity contribution in [2.75, 3.05) is 52.0 Å². The van der Waals surface area contributed by atoms with Crippen LogP contribution in [0, 0.1) is 17.8 Å². The van der Waals surface area contributed by atoms with Crippen LogP contribution in [0.3, 0.4) is 0 Å². The molecule has 0 saturated carbocycles. The van der Waals surface area contributed by atoms with Crippen molar-refractivity contribution in [3.63, 3.8) is 0 Å². The molecule has 38 heavy (non-hydrogen) atoms. The van der Waals surface area contributed by atoms with E-state index in [9.17, 15) is 5.11 Å². The molecular weight excluding hydrogens is 557 g/mol. The molecule has 1 rings (SSSR count). The molecule has 226 valence electrons. The van der Waals surface area contributed by atoms with Gasteiger partial charge in [0.05, 0.1) is 6.61 Å². The lowest BCUT2D eigenvalue weighted by atomic mass is 10.1. The lowest BCUT2D eigenvalue weighted by Gasteiger charge is -2.31. The summed E-state index contributed by atoms with van der Waals surface area (Å²) >= 11 is 9.77. The Bertz CT molecular complexity index is 622. The molecule has 1 aliphatic rings. The monoisotopic (exact) mass is 612 g/mol. The quantitative estimate of drug-likeness (QED) is 0.0629. The average Bonchev–Trinajstić information content (AvgIpc) is 3.10. The summed E-state index contributed by atoms with van der Waals surface area (Å²) in [4.78, 5) is 0. The summed E-state index contributed by atoms with van der Waals surface area (Å²) in [6.07, 6.45) is 8.35. The van der Waals surface area contributed by atoms with Crippen molar-refractivity contribution in [3.8, 4) is 0 Å². The van der Waals surface area contributed by atoms with Crippen molar-refractivity contribution >= 4 is 47.3 Å². The maximum Gasteiger partial charge on any atom is 0.501 e. The zero-order valence-electron chi connectivity index (χ0n) is 24.7. The Kier molecular flexibility index (Phi) is 20.3. The van der Waals surface area contributed by atoms with Gasteiger partial charge in [-0.3, -0.25) is 0 Å². The van der Waals surface area contributed by atoms with E-state index in [1.54, 1.807) is 0 Å². The smallest absolute Gasteiger partial charge is 0.487 e. The number of aliphatic hydroxyl groups is 1. The van der Waals surface area contributed by atoms with Crippen LogP contribution in [0.15, 0.2) is 0 Å². The number of hydrogen-bond acceptors (Lipinski definition) is 9. The molecule has 4 unspecified atom stereocenters. The Morgan fingerprint density at radius 2 is 1.82 bits per heavy atom. The molecule has 1 fully saturated rings. The van der Waals surface area contributed by atoms with Crippen LogP contribution in [0.2, 0.25) is 18.6 Å². The molecule has 1 aliphatic heterocycles. The Balaban J connectivity index is 2.58. The highest BCUT2D eigenvalue weighted by atomic mass is 32.1. The number of thiol groups is 1. The minimum absolute atomic E-state index is 0.0966. The highest BCUT2D eigenvalue weighted by Gasteiger charge is 2.43. The van der Waals surface area contributed by atoms with E-state index in [0.717, 1.165) is 49.9 Å². The first-order valence-corrected chi connectivity index (χ1v) is 20.2. The van der Waals surface area contributed by atoms with Crippen LogP contribution in [0.4, 0.5) is 0 Å². The lowest BCUT2D eigenvalue weighted by Crippen LogP contribution is -2.47. The van der Waals surface area contributed by atoms with Crippen LogP contribution >= 0.6 is 24.8 Å². The second kappa shape index (κ2) is 21.2. The third-order valence-electron chi connectivity index (χ3n) is 6.68. The van der Waals surface area contributed by atoms with Crippen molar-refractivity contribution in [2.45, 2.75) is 97.7 Å². The van der Waals surface area contributed by atoms with E-state index in [4.69, 9.17) is 39.1 Å². The van der Waals surface area contributed by atoms with Crippen molar-refractivity contribution < 1.29 is 32.0 Å². The summed E-state index contributed by atoms with van der Waals surface area (Å²) in [6, 6.07) is 1.60. The van der Waals surface area contributed by atoms with Crippen molar-refractivity contribution in [3.05, 3.63) is 0 Å². The predicted octanol–water partition coefficient (Wildman–Crippen LogP) is 6.41. The van der Waals surface area contributed by atoms with Crippen molar-refractivity contribution in [1.29, 1.82) is 0 Å². The fourth-order valence-electron chi connectivity index (χ4n) is 3.95. The molecule has 7 nitrogen and oxygen atoms in total. The van der Waals surface area contributed by atoms with E-state index in [0.29, 0.717) is 50.6 Å². The Hall–Kier alpha value is 0.434. The van der Waals surface area contributed by atoms with Crippen LogP contribution in [0.1, 0.15) is 79.1 Å². The van der Waals surface area contributed by atoms with E-state index < -0.39 is 17.4 Å². The summed E-state index contributed by atoms with van der Waals surface area (Å²) in [5.74, 6) is 1.52. The van der Waals surface area contributed by atoms with E-state index in [-0.39, 0.29) is 18.4 Å². The molecule has 0 aliphatic carbocycles. The number of rotatable bonds is 22. The molecule has 11 heteroatoms. The van der Waals surface area contributed by atoms with Gasteiger partial charge in [-0.25, -0.2) is 0 Å². The fourth-order valence-corrected chi connectivity index (χ4v) is 9.86. The maximum absolute atomic E-state index is 9.37. The lowest BCUT2D eigenvalue weighted by molar-refractivity contribution is 0.0489. The van der Waals surface area contributed by atoms with E-state index >= 15 is 0 Å². The second-order valence-corrected chi connectivity index (χ2v) is 18.1. The average molecular weight is 613 g/mol. The fraction of sp³-hybridized carbons (Fsp3) is 0.963. The van der Waals surface area contributed by atoms with E-state index in [1.807, 2.05) is 6.92 Å². The largest absolute Gasteiger partial charge is 0.501 e. The maximum atomic E-state index is 9.37. The zero-order chi connectivity index (χ0) is 28.3. The molecule has 0 spiro atoms. The second-order valence-electron chi connectivity index (χ2n) is 11.2. The third-order valence-corrected chi connectivity index (χ3v) is 13.0. The van der Waals surface area contributed by atoms with Gasteiger partial charge < -0.3 is 32.0 Å². The topological polar surface area (TPSA) is 75.6 Å². The van der Waals surface area contributed by atoms with Gasteiger partial charge in [-0.1, -0.05) is 47.0 Å². The SMILES string of the molecule is CCCCCCC(=S)OCCC[Si@]1(OCC(C)CO[Si](C)(CCCS)OCC(C)CO)OCCC(C)CO1. The molecule has 0 aromatic heterocycles. The number of thiocarbonyl (C=S) groups is 1. The Morgan fingerprint density at radius 3 is 2.50 bits per heavy atom. The zero-order valence-corrected chi connectivity index (χ0v) is 28.4. The third kappa shape index (κ3) is 16.6. The van der Waals surface area contributed by atoms with Gasteiger partial charge in [0.1, 0.15) is 0 Å². The number of unbranched alkanes of at least 4 members (excludes halogenated alkanes) is 3. The van der Waals surface area contributed by atoms with Gasteiger partial charge in [0.15, 0.2) is 5.05 Å². The Labute approximate surface area is 246 Å². The Morgan fingerprint density at radius 1 is 1.08 bits per heavy atom. The molecular formula is C27H56O7S2Si2. The minimum Gasteiger partial charge on any atom is -0.487 e. The van der Waals surface area contributed by atoms with Crippen molar-refractivity contribution in [1.82, 2.24) is 0 Å². The summed E-state index contributed by atoms with van der Waals surface area (Å²) in [7, 11) is -5.18. The van der Waals surface area contributed by atoms with Gasteiger partial charge in [-0.05, 0) is 62.2 Å². The summed E-state index contributed by atoms with van der Waals surface area (Å²) in [5.41, 5.74) is 0. The van der Waals surface area contributed by atoms with Crippen LogP contribution in [-0.2, 0) is 26.9 Å². The van der Waals surface area contributed by atoms with Crippen molar-refractivity contribution in [2.24, 2.45) is 17.8 Å². The predicted molar refractivity (Wildman–Crippen MR) is 166 cm³/mol. The number of ether oxygens (including phenoxy) is 1. The molecule has 0 aromatic carbocycles. The van der Waals surface area contributed by atoms with Gasteiger partial charge in [-0.2, -0.15) is 12.6 Å². The van der Waals surface area contributed by atoms with Gasteiger partial charge in [0.2, 0.25) is 0 Å². The molecule has 0 aromatic rings.